The van der Waals surface area contributed by atoms with Crippen molar-refractivity contribution in [1.82, 2.24) is 9.80 Å². The van der Waals surface area contributed by atoms with Gasteiger partial charge in [-0.15, -0.1) is 0 Å². The number of likely N-dealkylation sites (tertiary alicyclic amines) is 2. The Hall–Kier alpha value is -3.14. The van der Waals surface area contributed by atoms with Gasteiger partial charge in [0.25, 0.3) is 5.91 Å². The van der Waals surface area contributed by atoms with E-state index < -0.39 is 23.3 Å². The number of halogens is 4. The summed E-state index contributed by atoms with van der Waals surface area (Å²) in [5.74, 6) is -1.32. The highest BCUT2D eigenvalue weighted by Crippen LogP contribution is 2.53. The third-order valence-electron chi connectivity index (χ3n) is 9.13. The van der Waals surface area contributed by atoms with Gasteiger partial charge in [-0.1, -0.05) is 30.7 Å². The topological polar surface area (TPSA) is 75.9 Å². The molecule has 0 spiro atoms. The second-order valence-electron chi connectivity index (χ2n) is 11.8. The van der Waals surface area contributed by atoms with Gasteiger partial charge >= 0.3 is 6.18 Å². The van der Waals surface area contributed by atoms with Crippen LogP contribution in [0, 0.1) is 23.1 Å². The molecule has 0 unspecified atom stereocenters. The molecule has 3 fully saturated rings. The number of amides is 2. The summed E-state index contributed by atoms with van der Waals surface area (Å²) >= 11 is 0. The van der Waals surface area contributed by atoms with Crippen molar-refractivity contribution in [2.75, 3.05) is 39.3 Å². The lowest BCUT2D eigenvalue weighted by molar-refractivity contribution is -0.256. The molecule has 0 radical (unpaired) electrons. The van der Waals surface area contributed by atoms with Crippen molar-refractivity contribution in [1.29, 1.82) is 0 Å². The summed E-state index contributed by atoms with van der Waals surface area (Å²) in [5, 5.41) is 0. The molecule has 2 N–H and O–H groups in total. The Morgan fingerprint density at radius 3 is 2.37 bits per heavy atom. The van der Waals surface area contributed by atoms with Gasteiger partial charge in [-0.05, 0) is 86.9 Å². The zero-order chi connectivity index (χ0) is 29.2. The Morgan fingerprint density at radius 1 is 1.00 bits per heavy atom. The lowest BCUT2D eigenvalue weighted by Crippen LogP contribution is -2.53. The van der Waals surface area contributed by atoms with Crippen LogP contribution in [0.5, 0.6) is 5.75 Å². The molecule has 2 saturated heterocycles. The first-order valence-corrected chi connectivity index (χ1v) is 14.5. The third-order valence-corrected chi connectivity index (χ3v) is 9.13. The van der Waals surface area contributed by atoms with Crippen molar-refractivity contribution in [2.45, 2.75) is 51.1 Å². The highest BCUT2D eigenvalue weighted by atomic mass is 19.4. The molecular weight excluding hydrogens is 538 g/mol. The van der Waals surface area contributed by atoms with E-state index in [1.165, 1.54) is 6.07 Å². The van der Waals surface area contributed by atoms with Gasteiger partial charge in [0.1, 0.15) is 0 Å². The molecule has 0 aromatic heterocycles. The normalized spacial score (nSPS) is 21.8. The van der Waals surface area contributed by atoms with E-state index in [1.807, 2.05) is 4.90 Å². The van der Waals surface area contributed by atoms with Gasteiger partial charge in [-0.25, -0.2) is 4.39 Å². The van der Waals surface area contributed by atoms with Crippen LogP contribution in [-0.4, -0.2) is 67.1 Å². The molecule has 41 heavy (non-hydrogen) atoms. The van der Waals surface area contributed by atoms with Crippen molar-refractivity contribution < 1.29 is 31.9 Å². The number of hydrogen-bond acceptors (Lipinski definition) is 4. The van der Waals surface area contributed by atoms with Gasteiger partial charge < -0.3 is 20.3 Å². The summed E-state index contributed by atoms with van der Waals surface area (Å²) in [6.07, 6.45) is -0.355. The quantitative estimate of drug-likeness (QED) is 0.413. The summed E-state index contributed by atoms with van der Waals surface area (Å²) in [6.45, 7) is 2.31. The predicted octanol–water partition coefficient (Wildman–Crippen LogP) is 5.65. The Balaban J connectivity index is 1.18. The van der Waals surface area contributed by atoms with Crippen LogP contribution < -0.4 is 10.5 Å². The second kappa shape index (κ2) is 12.0. The number of nitrogens with two attached hydrogens (primary N) is 1. The van der Waals surface area contributed by atoms with Gasteiger partial charge in [-0.3, -0.25) is 9.59 Å². The molecule has 2 aliphatic heterocycles. The van der Waals surface area contributed by atoms with E-state index in [-0.39, 0.29) is 49.4 Å². The van der Waals surface area contributed by atoms with Crippen molar-refractivity contribution in [2.24, 2.45) is 23.0 Å². The summed E-state index contributed by atoms with van der Waals surface area (Å²) < 4.78 is 61.6. The van der Waals surface area contributed by atoms with Crippen LogP contribution in [0.2, 0.25) is 0 Å². The molecule has 6 nitrogen and oxygen atoms in total. The fourth-order valence-electron chi connectivity index (χ4n) is 6.35. The molecule has 1 saturated carbocycles. The number of alkyl halides is 3. The number of benzene rings is 2. The third kappa shape index (κ3) is 6.37. The van der Waals surface area contributed by atoms with Gasteiger partial charge in [0.2, 0.25) is 5.91 Å². The number of rotatable bonds is 8. The summed E-state index contributed by atoms with van der Waals surface area (Å²) in [5.41, 5.74) is 5.46. The molecule has 2 amide bonds. The SMILES string of the molecule is NC(=O)[C@@H]1CCCN(C(=O)c2ccccc2-c2ccc(OCC3CCN(CC4(C(F)(F)F)CCC4)CC3)c(F)c2)C1. The van der Waals surface area contributed by atoms with E-state index in [0.29, 0.717) is 75.0 Å². The van der Waals surface area contributed by atoms with E-state index in [1.54, 1.807) is 41.3 Å². The number of primary amides is 1. The van der Waals surface area contributed by atoms with E-state index in [4.69, 9.17) is 10.5 Å². The monoisotopic (exact) mass is 575 g/mol. The number of piperidine rings is 2. The number of carbonyl (C=O) groups is 2. The van der Waals surface area contributed by atoms with E-state index in [0.717, 1.165) is 0 Å². The minimum Gasteiger partial charge on any atom is -0.490 e. The lowest BCUT2D eigenvalue weighted by Gasteiger charge is -2.47. The molecular formula is C31H37F4N3O3. The van der Waals surface area contributed by atoms with Crippen LogP contribution >= 0.6 is 0 Å². The summed E-state index contributed by atoms with van der Waals surface area (Å²) in [6, 6.07) is 11.6. The fraction of sp³-hybridized carbons (Fsp3) is 0.548. The number of carbonyl (C=O) groups excluding carboxylic acids is 2. The largest absolute Gasteiger partial charge is 0.490 e. The van der Waals surface area contributed by atoms with Crippen LogP contribution in [0.25, 0.3) is 11.1 Å². The highest BCUT2D eigenvalue weighted by Gasteiger charge is 2.58. The number of ether oxygens (including phenoxy) is 1. The fourth-order valence-corrected chi connectivity index (χ4v) is 6.35. The zero-order valence-corrected chi connectivity index (χ0v) is 23.1. The van der Waals surface area contributed by atoms with E-state index in [9.17, 15) is 22.8 Å². The molecule has 2 aromatic rings. The van der Waals surface area contributed by atoms with Crippen LogP contribution in [0.3, 0.4) is 0 Å². The Morgan fingerprint density at radius 2 is 1.73 bits per heavy atom. The molecule has 1 atom stereocenters. The van der Waals surface area contributed by atoms with Gasteiger partial charge in [0, 0.05) is 25.2 Å². The average Bonchev–Trinajstić information content (AvgIpc) is 2.94. The Kier molecular flexibility index (Phi) is 8.59. The van der Waals surface area contributed by atoms with Crippen LogP contribution in [0.1, 0.15) is 55.3 Å². The van der Waals surface area contributed by atoms with Crippen molar-refractivity contribution >= 4 is 11.8 Å². The summed E-state index contributed by atoms with van der Waals surface area (Å²) in [4.78, 5) is 28.6. The Bertz CT molecular complexity index is 1260. The molecule has 0 bridgehead atoms. The highest BCUT2D eigenvalue weighted by molar-refractivity contribution is 6.01. The molecule has 2 aromatic carbocycles. The van der Waals surface area contributed by atoms with Crippen LogP contribution in [0.4, 0.5) is 17.6 Å². The van der Waals surface area contributed by atoms with E-state index >= 15 is 4.39 Å². The van der Waals surface area contributed by atoms with Crippen molar-refractivity contribution in [3.8, 4) is 16.9 Å². The Labute approximate surface area is 237 Å². The molecule has 1 aliphatic carbocycles. The lowest BCUT2D eigenvalue weighted by atomic mass is 9.67. The summed E-state index contributed by atoms with van der Waals surface area (Å²) in [7, 11) is 0. The minimum atomic E-state index is -4.16. The first-order valence-electron chi connectivity index (χ1n) is 14.5. The van der Waals surface area contributed by atoms with Crippen LogP contribution in [0.15, 0.2) is 42.5 Å². The van der Waals surface area contributed by atoms with Crippen molar-refractivity contribution in [3.05, 3.63) is 53.8 Å². The maximum atomic E-state index is 15.1. The predicted molar refractivity (Wildman–Crippen MR) is 147 cm³/mol. The number of hydrogen-bond donors (Lipinski definition) is 1. The molecule has 5 rings (SSSR count). The standard InChI is InChI=1S/C31H37F4N3O3/c32-26-17-22(24-6-1-2-7-25(24)29(40)38-14-3-5-23(18-38)28(36)39)8-9-27(26)41-19-21-10-15-37(16-11-21)20-30(12-4-13-30)31(33,34)35/h1-2,6-9,17,21,23H,3-5,10-16,18-20H2,(H2,36,39)/t23-/m1/s1. The van der Waals surface area contributed by atoms with Crippen LogP contribution in [-0.2, 0) is 4.79 Å². The molecule has 2 heterocycles. The maximum Gasteiger partial charge on any atom is 0.395 e. The first kappa shape index (κ1) is 29.4. The molecule has 10 heteroatoms. The molecule has 3 aliphatic rings. The van der Waals surface area contributed by atoms with Gasteiger partial charge in [-0.2, -0.15) is 13.2 Å². The van der Waals surface area contributed by atoms with Gasteiger partial charge in [0.05, 0.1) is 17.9 Å². The first-order chi connectivity index (χ1) is 19.6. The second-order valence-corrected chi connectivity index (χ2v) is 11.8. The number of nitrogens with zero attached hydrogens (tertiary/aromatic N) is 2. The average molecular weight is 576 g/mol. The van der Waals surface area contributed by atoms with Gasteiger partial charge in [0.15, 0.2) is 11.6 Å². The smallest absolute Gasteiger partial charge is 0.395 e. The minimum absolute atomic E-state index is 0.0631. The zero-order valence-electron chi connectivity index (χ0n) is 23.1. The molecule has 222 valence electrons. The van der Waals surface area contributed by atoms with E-state index in [2.05, 4.69) is 0 Å². The maximum absolute atomic E-state index is 15.1. The van der Waals surface area contributed by atoms with Crippen molar-refractivity contribution in [3.63, 3.8) is 0 Å².